The Morgan fingerprint density at radius 1 is 1.39 bits per heavy atom. The van der Waals surface area contributed by atoms with Gasteiger partial charge in [0, 0.05) is 0 Å². The second kappa shape index (κ2) is 5.82. The van der Waals surface area contributed by atoms with Crippen molar-refractivity contribution in [2.45, 2.75) is 6.61 Å². The molecule has 1 rings (SSSR count). The highest BCUT2D eigenvalue weighted by atomic mass is 19.3. The molecule has 0 atom stereocenters. The fraction of sp³-hybridized carbons (Fsp3) is 0.273. The zero-order valence-corrected chi connectivity index (χ0v) is 9.57. The predicted octanol–water partition coefficient (Wildman–Crippen LogP) is 1.95. The Bertz CT molecular complexity index is 497. The SMILES string of the molecule is COC(=O)c1ccc(OC)c(OC(F)F)c1C#N. The molecule has 0 aromatic heterocycles. The first kappa shape index (κ1) is 13.7. The molecule has 1 aromatic carbocycles. The van der Waals surface area contributed by atoms with Crippen molar-refractivity contribution in [2.75, 3.05) is 14.2 Å². The highest BCUT2D eigenvalue weighted by Gasteiger charge is 2.22. The van der Waals surface area contributed by atoms with Gasteiger partial charge in [0.05, 0.1) is 19.8 Å². The normalized spacial score (nSPS) is 9.78. The van der Waals surface area contributed by atoms with E-state index >= 15 is 0 Å². The molecule has 0 N–H and O–H groups in total. The standard InChI is InChI=1S/C11H9F2NO4/c1-16-8-4-3-6(10(15)17-2)7(5-14)9(8)18-11(12)13/h3-4,11H,1-2H3. The zero-order chi connectivity index (χ0) is 13.7. The van der Waals surface area contributed by atoms with Gasteiger partial charge >= 0.3 is 12.6 Å². The molecule has 0 saturated carbocycles. The molecule has 96 valence electrons. The Kier molecular flexibility index (Phi) is 4.43. The van der Waals surface area contributed by atoms with Gasteiger partial charge in [-0.25, -0.2) is 4.79 Å². The first-order chi connectivity index (χ1) is 8.54. The number of nitrogens with zero attached hydrogens (tertiary/aromatic N) is 1. The van der Waals surface area contributed by atoms with Gasteiger partial charge in [-0.2, -0.15) is 14.0 Å². The molecule has 0 heterocycles. The summed E-state index contributed by atoms with van der Waals surface area (Å²) in [6, 6.07) is 4.10. The highest BCUT2D eigenvalue weighted by Crippen LogP contribution is 2.34. The van der Waals surface area contributed by atoms with Crippen LogP contribution in [-0.2, 0) is 4.74 Å². The van der Waals surface area contributed by atoms with E-state index < -0.39 is 18.3 Å². The minimum atomic E-state index is -3.14. The molecule has 0 amide bonds. The van der Waals surface area contributed by atoms with Crippen molar-refractivity contribution in [1.29, 1.82) is 5.26 Å². The van der Waals surface area contributed by atoms with Gasteiger partial charge in [-0.3, -0.25) is 0 Å². The largest absolute Gasteiger partial charge is 0.493 e. The highest BCUT2D eigenvalue weighted by molar-refractivity contribution is 5.93. The summed E-state index contributed by atoms with van der Waals surface area (Å²) in [5.74, 6) is -1.38. The Morgan fingerprint density at radius 3 is 2.50 bits per heavy atom. The van der Waals surface area contributed by atoms with Crippen LogP contribution in [0.2, 0.25) is 0 Å². The average molecular weight is 257 g/mol. The van der Waals surface area contributed by atoms with Crippen molar-refractivity contribution in [3.05, 3.63) is 23.3 Å². The van der Waals surface area contributed by atoms with Crippen molar-refractivity contribution in [1.82, 2.24) is 0 Å². The number of hydrogen-bond donors (Lipinski definition) is 0. The summed E-state index contributed by atoms with van der Waals surface area (Å²) >= 11 is 0. The van der Waals surface area contributed by atoms with E-state index in [1.165, 1.54) is 19.2 Å². The van der Waals surface area contributed by atoms with E-state index in [9.17, 15) is 13.6 Å². The molecule has 0 unspecified atom stereocenters. The molecule has 0 radical (unpaired) electrons. The summed E-state index contributed by atoms with van der Waals surface area (Å²) < 4.78 is 38.0. The first-order valence-electron chi connectivity index (χ1n) is 4.69. The third-order valence-corrected chi connectivity index (χ3v) is 2.07. The number of halogens is 2. The molecule has 1 aromatic rings. The van der Waals surface area contributed by atoms with Crippen molar-refractivity contribution in [2.24, 2.45) is 0 Å². The second-order valence-electron chi connectivity index (χ2n) is 3.00. The number of carbonyl (C=O) groups is 1. The molecular formula is C11H9F2NO4. The number of alkyl halides is 2. The summed E-state index contributed by atoms with van der Waals surface area (Å²) in [5.41, 5.74) is -0.530. The smallest absolute Gasteiger partial charge is 0.387 e. The second-order valence-corrected chi connectivity index (χ2v) is 3.00. The molecule has 0 fully saturated rings. The van der Waals surface area contributed by atoms with E-state index in [1.54, 1.807) is 6.07 Å². The summed E-state index contributed by atoms with van der Waals surface area (Å²) in [6.07, 6.45) is 0. The van der Waals surface area contributed by atoms with E-state index in [0.29, 0.717) is 0 Å². The molecule has 0 aliphatic heterocycles. The van der Waals surface area contributed by atoms with Gasteiger partial charge in [-0.15, -0.1) is 0 Å². The maximum Gasteiger partial charge on any atom is 0.387 e. The maximum atomic E-state index is 12.3. The summed E-state index contributed by atoms with van der Waals surface area (Å²) in [7, 11) is 2.34. The van der Waals surface area contributed by atoms with Crippen LogP contribution in [0.4, 0.5) is 8.78 Å². The van der Waals surface area contributed by atoms with E-state index in [2.05, 4.69) is 9.47 Å². The van der Waals surface area contributed by atoms with Crippen molar-refractivity contribution >= 4 is 5.97 Å². The third kappa shape index (κ3) is 2.66. The van der Waals surface area contributed by atoms with Crippen LogP contribution in [-0.4, -0.2) is 26.8 Å². The van der Waals surface area contributed by atoms with Crippen molar-refractivity contribution < 1.29 is 27.8 Å². The molecular weight excluding hydrogens is 248 g/mol. The van der Waals surface area contributed by atoms with Gasteiger partial charge in [0.1, 0.15) is 11.6 Å². The molecule has 0 aliphatic rings. The quantitative estimate of drug-likeness (QED) is 0.771. The van der Waals surface area contributed by atoms with Gasteiger partial charge < -0.3 is 14.2 Å². The lowest BCUT2D eigenvalue weighted by Crippen LogP contribution is -2.10. The summed E-state index contributed by atoms with van der Waals surface area (Å²) in [6.45, 7) is -3.14. The number of carbonyl (C=O) groups excluding carboxylic acids is 1. The van der Waals surface area contributed by atoms with Gasteiger partial charge in [-0.1, -0.05) is 0 Å². The van der Waals surface area contributed by atoms with Gasteiger partial charge in [0.2, 0.25) is 0 Å². The Morgan fingerprint density at radius 2 is 2.06 bits per heavy atom. The fourth-order valence-corrected chi connectivity index (χ4v) is 1.32. The molecule has 5 nitrogen and oxygen atoms in total. The van der Waals surface area contributed by atoms with Crippen molar-refractivity contribution in [3.63, 3.8) is 0 Å². The number of ether oxygens (including phenoxy) is 3. The zero-order valence-electron chi connectivity index (χ0n) is 9.57. The van der Waals surface area contributed by atoms with Crippen LogP contribution in [0.5, 0.6) is 11.5 Å². The number of benzene rings is 1. The van der Waals surface area contributed by atoms with Crippen LogP contribution in [0.25, 0.3) is 0 Å². The lowest BCUT2D eigenvalue weighted by atomic mass is 10.1. The topological polar surface area (TPSA) is 68.6 Å². The number of nitriles is 1. The van der Waals surface area contributed by atoms with Crippen LogP contribution in [0.3, 0.4) is 0 Å². The molecule has 0 spiro atoms. The lowest BCUT2D eigenvalue weighted by Gasteiger charge is -2.13. The molecule has 0 aliphatic carbocycles. The Hall–Kier alpha value is -2.36. The molecule has 0 bridgehead atoms. The van der Waals surface area contributed by atoms with Crippen LogP contribution in [0, 0.1) is 11.3 Å². The number of rotatable bonds is 4. The van der Waals surface area contributed by atoms with Crippen molar-refractivity contribution in [3.8, 4) is 17.6 Å². The van der Waals surface area contributed by atoms with Crippen LogP contribution in [0.1, 0.15) is 15.9 Å². The third-order valence-electron chi connectivity index (χ3n) is 2.07. The summed E-state index contributed by atoms with van der Waals surface area (Å²) in [5, 5.41) is 8.94. The number of methoxy groups -OCH3 is 2. The van der Waals surface area contributed by atoms with Crippen LogP contribution < -0.4 is 9.47 Å². The predicted molar refractivity (Wildman–Crippen MR) is 55.7 cm³/mol. The molecule has 7 heteroatoms. The average Bonchev–Trinajstić information content (AvgIpc) is 2.36. The fourth-order valence-electron chi connectivity index (χ4n) is 1.32. The van der Waals surface area contributed by atoms with E-state index in [4.69, 9.17) is 10.00 Å². The maximum absolute atomic E-state index is 12.3. The van der Waals surface area contributed by atoms with Gasteiger partial charge in [0.25, 0.3) is 0 Å². The van der Waals surface area contributed by atoms with E-state index in [0.717, 1.165) is 7.11 Å². The molecule has 18 heavy (non-hydrogen) atoms. The number of esters is 1. The number of hydrogen-bond acceptors (Lipinski definition) is 5. The minimum absolute atomic E-state index is 0.0699. The minimum Gasteiger partial charge on any atom is -0.493 e. The Labute approximate surface area is 101 Å². The first-order valence-corrected chi connectivity index (χ1v) is 4.69. The monoisotopic (exact) mass is 257 g/mol. The van der Waals surface area contributed by atoms with E-state index in [-0.39, 0.29) is 16.9 Å². The molecule has 0 saturated heterocycles. The lowest BCUT2D eigenvalue weighted by molar-refractivity contribution is -0.0514. The Balaban J connectivity index is 3.43. The van der Waals surface area contributed by atoms with E-state index in [1.807, 2.05) is 0 Å². The van der Waals surface area contributed by atoms with Gasteiger partial charge in [-0.05, 0) is 12.1 Å². The van der Waals surface area contributed by atoms with Gasteiger partial charge in [0.15, 0.2) is 11.5 Å². The van der Waals surface area contributed by atoms with Crippen LogP contribution >= 0.6 is 0 Å². The van der Waals surface area contributed by atoms with Crippen LogP contribution in [0.15, 0.2) is 12.1 Å². The summed E-state index contributed by atoms with van der Waals surface area (Å²) in [4.78, 5) is 11.4.